The molecule has 0 radical (unpaired) electrons. The van der Waals surface area contributed by atoms with Gasteiger partial charge in [0.25, 0.3) is 0 Å². The molecular weight excluding hydrogens is 315 g/mol. The lowest BCUT2D eigenvalue weighted by Gasteiger charge is -2.31. The molecule has 0 fully saturated rings. The molecule has 1 atom stereocenters. The molecule has 0 bridgehead atoms. The molecule has 1 aliphatic heterocycles. The van der Waals surface area contributed by atoms with Crippen LogP contribution in [0.4, 0.5) is 13.2 Å². The van der Waals surface area contributed by atoms with Gasteiger partial charge in [0.15, 0.2) is 0 Å². The van der Waals surface area contributed by atoms with E-state index < -0.39 is 18.2 Å². The Balaban J connectivity index is 2.11. The third-order valence-electron chi connectivity index (χ3n) is 4.46. The number of nitriles is 1. The van der Waals surface area contributed by atoms with Crippen molar-refractivity contribution < 1.29 is 17.9 Å². The zero-order valence-corrected chi connectivity index (χ0v) is 13.3. The van der Waals surface area contributed by atoms with Crippen LogP contribution in [0.2, 0.25) is 0 Å². The summed E-state index contributed by atoms with van der Waals surface area (Å²) in [5.74, 6) is 0.354. The fraction of sp³-hybridized carbons (Fsp3) is 0.316. The molecule has 0 amide bonds. The summed E-state index contributed by atoms with van der Waals surface area (Å²) in [7, 11) is 0. The van der Waals surface area contributed by atoms with E-state index in [-0.39, 0.29) is 22.8 Å². The summed E-state index contributed by atoms with van der Waals surface area (Å²) in [6.45, 7) is 3.96. The normalized spacial score (nSPS) is 19.7. The van der Waals surface area contributed by atoms with Crippen LogP contribution in [0.1, 0.15) is 42.0 Å². The van der Waals surface area contributed by atoms with Gasteiger partial charge in [-0.2, -0.15) is 18.4 Å². The minimum atomic E-state index is -4.60. The van der Waals surface area contributed by atoms with Crippen LogP contribution >= 0.6 is 0 Å². The van der Waals surface area contributed by atoms with Gasteiger partial charge >= 0.3 is 6.18 Å². The van der Waals surface area contributed by atoms with Crippen LogP contribution in [0, 0.1) is 11.3 Å². The summed E-state index contributed by atoms with van der Waals surface area (Å²) in [5, 5.41) is 9.16. The largest absolute Gasteiger partial charge is 0.472 e. The Hall–Kier alpha value is -2.48. The highest BCUT2D eigenvalue weighted by Crippen LogP contribution is 2.51. The van der Waals surface area contributed by atoms with Crippen molar-refractivity contribution >= 4 is 0 Å². The molecule has 0 saturated heterocycles. The number of rotatable bonds is 2. The van der Waals surface area contributed by atoms with Gasteiger partial charge in [0, 0.05) is 17.5 Å². The number of fused-ring (bicyclic) bond motifs is 1. The van der Waals surface area contributed by atoms with Gasteiger partial charge in [0.05, 0.1) is 11.6 Å². The maximum absolute atomic E-state index is 14.0. The van der Waals surface area contributed by atoms with Crippen LogP contribution in [0.25, 0.3) is 0 Å². The van der Waals surface area contributed by atoms with E-state index in [2.05, 4.69) is 0 Å². The zero-order chi connectivity index (χ0) is 17.5. The number of halogens is 3. The smallest absolute Gasteiger partial charge is 0.432 e. The molecule has 0 saturated carbocycles. The van der Waals surface area contributed by atoms with Gasteiger partial charge in [-0.1, -0.05) is 44.2 Å². The van der Waals surface area contributed by atoms with Gasteiger partial charge in [-0.05, 0) is 23.6 Å². The average molecular weight is 331 g/mol. The fourth-order valence-corrected chi connectivity index (χ4v) is 3.04. The number of ether oxygens (including phenoxy) is 1. The molecule has 24 heavy (non-hydrogen) atoms. The van der Waals surface area contributed by atoms with E-state index in [4.69, 9.17) is 10.00 Å². The van der Waals surface area contributed by atoms with E-state index in [1.165, 1.54) is 30.3 Å². The van der Waals surface area contributed by atoms with Crippen molar-refractivity contribution in [1.29, 1.82) is 5.26 Å². The number of hydrogen-bond donors (Lipinski definition) is 0. The first-order valence-corrected chi connectivity index (χ1v) is 7.66. The molecule has 1 aliphatic rings. The predicted molar refractivity (Wildman–Crippen MR) is 83.8 cm³/mol. The summed E-state index contributed by atoms with van der Waals surface area (Å²) >= 11 is 0. The summed E-state index contributed by atoms with van der Waals surface area (Å²) in [4.78, 5) is 0. The quantitative estimate of drug-likeness (QED) is 0.769. The van der Waals surface area contributed by atoms with Gasteiger partial charge in [0.2, 0.25) is 5.60 Å². The molecule has 0 spiro atoms. The lowest BCUT2D eigenvalue weighted by Crippen LogP contribution is -2.46. The highest BCUT2D eigenvalue weighted by molar-refractivity contribution is 5.52. The Morgan fingerprint density at radius 3 is 2.33 bits per heavy atom. The minimum Gasteiger partial charge on any atom is -0.472 e. The number of hydrogen-bond acceptors (Lipinski definition) is 2. The maximum atomic E-state index is 14.0. The van der Waals surface area contributed by atoms with Crippen molar-refractivity contribution in [3.63, 3.8) is 0 Å². The van der Waals surface area contributed by atoms with Gasteiger partial charge in [-0.15, -0.1) is 0 Å². The summed E-state index contributed by atoms with van der Waals surface area (Å²) < 4.78 is 47.3. The Kier molecular flexibility index (Phi) is 3.79. The number of nitrogens with zero attached hydrogens (tertiary/aromatic N) is 1. The van der Waals surface area contributed by atoms with Crippen molar-refractivity contribution in [2.75, 3.05) is 0 Å². The Morgan fingerprint density at radius 1 is 1.12 bits per heavy atom. The lowest BCUT2D eigenvalue weighted by atomic mass is 9.86. The maximum Gasteiger partial charge on any atom is 0.432 e. The topological polar surface area (TPSA) is 33.0 Å². The van der Waals surface area contributed by atoms with Crippen molar-refractivity contribution in [2.24, 2.45) is 0 Å². The van der Waals surface area contributed by atoms with Gasteiger partial charge in [-0.25, -0.2) is 0 Å². The van der Waals surface area contributed by atoms with Crippen LogP contribution in [0.15, 0.2) is 42.5 Å². The monoisotopic (exact) mass is 331 g/mol. The molecule has 2 aromatic carbocycles. The number of benzene rings is 2. The van der Waals surface area contributed by atoms with Gasteiger partial charge < -0.3 is 4.74 Å². The van der Waals surface area contributed by atoms with E-state index >= 15 is 0 Å². The van der Waals surface area contributed by atoms with Crippen LogP contribution < -0.4 is 4.74 Å². The molecular formula is C19H16F3NO. The van der Waals surface area contributed by atoms with E-state index in [1.807, 2.05) is 19.9 Å². The molecule has 2 nitrogen and oxygen atoms in total. The van der Waals surface area contributed by atoms with E-state index in [0.29, 0.717) is 5.56 Å². The highest BCUT2D eigenvalue weighted by atomic mass is 19.4. The Morgan fingerprint density at radius 2 is 1.79 bits per heavy atom. The molecule has 5 heteroatoms. The highest BCUT2D eigenvalue weighted by Gasteiger charge is 2.61. The zero-order valence-electron chi connectivity index (χ0n) is 13.3. The SMILES string of the molecule is CC(C)c1ccc([C@]2(C(F)(F)F)Cc3c(C#N)cccc3O2)cc1. The van der Waals surface area contributed by atoms with Crippen molar-refractivity contribution in [2.45, 2.75) is 38.0 Å². The third-order valence-corrected chi connectivity index (χ3v) is 4.46. The van der Waals surface area contributed by atoms with Crippen molar-refractivity contribution in [3.05, 3.63) is 64.7 Å². The molecule has 0 unspecified atom stereocenters. The minimum absolute atomic E-state index is 0.0551. The van der Waals surface area contributed by atoms with E-state index in [1.54, 1.807) is 12.1 Å². The molecule has 124 valence electrons. The second kappa shape index (κ2) is 5.55. The summed E-state index contributed by atoms with van der Waals surface area (Å²) in [6, 6.07) is 12.8. The second-order valence-electron chi connectivity index (χ2n) is 6.27. The standard InChI is InChI=1S/C19H16F3NO/c1-12(2)13-6-8-15(9-7-13)18(19(20,21)22)10-16-14(11-23)4-3-5-17(16)24-18/h3-9,12H,10H2,1-2H3/t18-/m0/s1. The van der Waals surface area contributed by atoms with Crippen molar-refractivity contribution in [1.82, 2.24) is 0 Å². The molecule has 0 aliphatic carbocycles. The van der Waals surface area contributed by atoms with Crippen LogP contribution in [-0.2, 0) is 12.0 Å². The average Bonchev–Trinajstić information content (AvgIpc) is 2.95. The number of alkyl halides is 3. The summed E-state index contributed by atoms with van der Waals surface area (Å²) in [6.07, 6.45) is -4.99. The first-order valence-electron chi connectivity index (χ1n) is 7.66. The lowest BCUT2D eigenvalue weighted by molar-refractivity contribution is -0.248. The van der Waals surface area contributed by atoms with Crippen molar-refractivity contribution in [3.8, 4) is 11.8 Å². The third kappa shape index (κ3) is 2.43. The first kappa shape index (κ1) is 16.4. The fourth-order valence-electron chi connectivity index (χ4n) is 3.04. The van der Waals surface area contributed by atoms with Crippen LogP contribution in [-0.4, -0.2) is 6.18 Å². The molecule has 3 rings (SSSR count). The summed E-state index contributed by atoms with van der Waals surface area (Å²) in [5.41, 5.74) is -0.899. The van der Waals surface area contributed by atoms with Crippen LogP contribution in [0.5, 0.6) is 5.75 Å². The predicted octanol–water partition coefficient (Wildman–Crippen LogP) is 5.07. The Labute approximate surface area is 138 Å². The second-order valence-corrected chi connectivity index (χ2v) is 6.27. The van der Waals surface area contributed by atoms with E-state index in [0.717, 1.165) is 5.56 Å². The molecule has 0 aromatic heterocycles. The van der Waals surface area contributed by atoms with E-state index in [9.17, 15) is 13.2 Å². The first-order chi connectivity index (χ1) is 11.3. The van der Waals surface area contributed by atoms with Gasteiger partial charge in [-0.3, -0.25) is 0 Å². The van der Waals surface area contributed by atoms with Crippen LogP contribution in [0.3, 0.4) is 0 Å². The van der Waals surface area contributed by atoms with Gasteiger partial charge in [0.1, 0.15) is 5.75 Å². The molecule has 2 aromatic rings. The molecule has 1 heterocycles. The Bertz CT molecular complexity index is 803. The molecule has 0 N–H and O–H groups in total.